The van der Waals surface area contributed by atoms with Crippen LogP contribution in [0.5, 0.6) is 11.5 Å². The molecular weight excluding hydrogens is 557 g/mol. The van der Waals surface area contributed by atoms with Crippen molar-refractivity contribution in [2.24, 2.45) is 34.5 Å². The first kappa shape index (κ1) is 24.8. The maximum atomic E-state index is 14.1. The number of rotatable bonds is 6. The van der Waals surface area contributed by atoms with Crippen molar-refractivity contribution < 1.29 is 24.2 Å². The molecule has 2 N–H and O–H groups in total. The lowest BCUT2D eigenvalue weighted by Gasteiger charge is -2.44. The van der Waals surface area contributed by atoms with E-state index in [4.69, 9.17) is 9.47 Å². The fourth-order valence-electron chi connectivity index (χ4n) is 7.78. The maximum Gasteiger partial charge on any atom is 0.224 e. The molecule has 0 aliphatic heterocycles. The summed E-state index contributed by atoms with van der Waals surface area (Å²) in [7, 11) is 3.21. The number of ether oxygens (including phenoxy) is 2. The predicted molar refractivity (Wildman–Crippen MR) is 141 cm³/mol. The van der Waals surface area contributed by atoms with Gasteiger partial charge in [-0.3, -0.25) is 9.59 Å². The van der Waals surface area contributed by atoms with Gasteiger partial charge in [0.25, 0.3) is 0 Å². The highest BCUT2D eigenvalue weighted by molar-refractivity contribution is 14.1. The SMILES string of the molecule is C=C1C[C@]23C[C@H]1CC[C@H]2C1=CC[C@H](O)[C@@](C)(C(=O)I)C1[C@@H]3C(=O)NCc1ccc(OC)cc1OC. The number of carbonyl (C=O) groups excluding carboxylic acids is 2. The number of halogens is 1. The Labute approximate surface area is 220 Å². The number of carbonyl (C=O) groups is 2. The van der Waals surface area contributed by atoms with Crippen LogP contribution < -0.4 is 14.8 Å². The first-order valence-corrected chi connectivity index (χ1v) is 13.5. The number of benzene rings is 1. The number of amides is 1. The van der Waals surface area contributed by atoms with E-state index in [2.05, 4.69) is 18.0 Å². The standard InChI is InChI=1S/C28H34INO5/c1-15-12-28-13-16(15)6-9-20(28)19-8-10-22(31)27(2,26(29)33)23(19)24(28)25(32)30-14-17-5-7-18(34-3)11-21(17)35-4/h5,7-8,11,16,20,22-24,31H,1,6,9-10,12-14H2,2-4H3,(H,30,32)/t16-,20+,22+,23?,24-,27-,28+/m1/s1. The Morgan fingerprint density at radius 2 is 2.03 bits per heavy atom. The van der Waals surface area contributed by atoms with E-state index >= 15 is 0 Å². The van der Waals surface area contributed by atoms with Crippen LogP contribution in [0.25, 0.3) is 0 Å². The topological polar surface area (TPSA) is 84.9 Å². The molecule has 5 rings (SSSR count). The van der Waals surface area contributed by atoms with Gasteiger partial charge in [-0.2, -0.15) is 0 Å². The van der Waals surface area contributed by atoms with Crippen molar-refractivity contribution in [2.45, 2.75) is 51.7 Å². The van der Waals surface area contributed by atoms with Crippen LogP contribution in [-0.2, 0) is 16.1 Å². The molecule has 2 bridgehead atoms. The van der Waals surface area contributed by atoms with Gasteiger partial charge in [0.2, 0.25) is 9.70 Å². The first-order chi connectivity index (χ1) is 16.7. The van der Waals surface area contributed by atoms with Crippen LogP contribution in [-0.4, -0.2) is 35.1 Å². The van der Waals surface area contributed by atoms with E-state index in [9.17, 15) is 14.7 Å². The summed E-state index contributed by atoms with van der Waals surface area (Å²) in [6, 6.07) is 5.56. The lowest BCUT2D eigenvalue weighted by atomic mass is 9.61. The molecule has 3 fully saturated rings. The van der Waals surface area contributed by atoms with Gasteiger partial charge in [-0.15, -0.1) is 0 Å². The Morgan fingerprint density at radius 1 is 1.26 bits per heavy atom. The summed E-state index contributed by atoms with van der Waals surface area (Å²) in [5, 5.41) is 14.3. The Morgan fingerprint density at radius 3 is 2.71 bits per heavy atom. The summed E-state index contributed by atoms with van der Waals surface area (Å²) in [5.41, 5.74) is 2.10. The molecule has 1 aromatic carbocycles. The van der Waals surface area contributed by atoms with Gasteiger partial charge in [0, 0.05) is 46.7 Å². The van der Waals surface area contributed by atoms with E-state index in [-0.39, 0.29) is 32.9 Å². The molecule has 1 unspecified atom stereocenters. The number of fused-ring (bicyclic) bond motifs is 3. The molecule has 3 saturated carbocycles. The molecule has 1 spiro atoms. The van der Waals surface area contributed by atoms with Crippen LogP contribution in [0.4, 0.5) is 0 Å². The van der Waals surface area contributed by atoms with Crippen LogP contribution in [0.3, 0.4) is 0 Å². The Kier molecular flexibility index (Phi) is 6.31. The summed E-state index contributed by atoms with van der Waals surface area (Å²) in [4.78, 5) is 27.2. The van der Waals surface area contributed by atoms with Crippen molar-refractivity contribution in [3.63, 3.8) is 0 Å². The van der Waals surface area contributed by atoms with Gasteiger partial charge in [0.05, 0.1) is 31.7 Å². The zero-order valence-corrected chi connectivity index (χ0v) is 22.8. The molecule has 0 saturated heterocycles. The molecular formula is C28H34INO5. The largest absolute Gasteiger partial charge is 0.497 e. The highest BCUT2D eigenvalue weighted by Gasteiger charge is 2.70. The van der Waals surface area contributed by atoms with Crippen molar-refractivity contribution in [1.82, 2.24) is 5.32 Å². The fraction of sp³-hybridized carbons (Fsp3) is 0.571. The molecule has 6 nitrogen and oxygen atoms in total. The number of aliphatic hydroxyl groups is 1. The Bertz CT molecular complexity index is 1110. The van der Waals surface area contributed by atoms with E-state index in [1.54, 1.807) is 14.2 Å². The average Bonchev–Trinajstić information content (AvgIpc) is 3.28. The van der Waals surface area contributed by atoms with Gasteiger partial charge in [0.1, 0.15) is 11.5 Å². The number of methoxy groups -OCH3 is 2. The van der Waals surface area contributed by atoms with E-state index in [0.29, 0.717) is 30.4 Å². The predicted octanol–water partition coefficient (Wildman–Crippen LogP) is 4.59. The van der Waals surface area contributed by atoms with Crippen molar-refractivity contribution in [3.05, 3.63) is 47.6 Å². The molecule has 35 heavy (non-hydrogen) atoms. The number of nitrogens with one attached hydrogen (secondary N) is 1. The highest BCUT2D eigenvalue weighted by Crippen LogP contribution is 2.72. The van der Waals surface area contributed by atoms with Crippen LogP contribution in [0, 0.1) is 34.5 Å². The van der Waals surface area contributed by atoms with E-state index < -0.39 is 11.5 Å². The van der Waals surface area contributed by atoms with E-state index in [1.807, 2.05) is 47.7 Å². The zero-order chi connectivity index (χ0) is 25.1. The minimum absolute atomic E-state index is 0.0467. The summed E-state index contributed by atoms with van der Waals surface area (Å²) >= 11 is 1.83. The van der Waals surface area contributed by atoms with Gasteiger partial charge in [-0.25, -0.2) is 0 Å². The van der Waals surface area contributed by atoms with Crippen molar-refractivity contribution in [3.8, 4) is 11.5 Å². The van der Waals surface area contributed by atoms with Gasteiger partial charge in [-0.1, -0.05) is 23.8 Å². The smallest absolute Gasteiger partial charge is 0.224 e. The second kappa shape index (κ2) is 8.91. The van der Waals surface area contributed by atoms with E-state index in [1.165, 1.54) is 11.1 Å². The average molecular weight is 591 g/mol. The molecule has 0 aromatic heterocycles. The maximum absolute atomic E-state index is 14.1. The Balaban J connectivity index is 1.53. The highest BCUT2D eigenvalue weighted by atomic mass is 127. The quantitative estimate of drug-likeness (QED) is 0.288. The molecule has 7 heteroatoms. The molecule has 4 aliphatic rings. The Hall–Kier alpha value is -1.87. The molecule has 188 valence electrons. The lowest BCUT2D eigenvalue weighted by molar-refractivity contribution is -0.139. The number of hydrogen-bond acceptors (Lipinski definition) is 5. The summed E-state index contributed by atoms with van der Waals surface area (Å²) in [6.07, 6.45) is 5.68. The van der Waals surface area contributed by atoms with Gasteiger partial charge in [0.15, 0.2) is 0 Å². The van der Waals surface area contributed by atoms with Crippen LogP contribution in [0.1, 0.15) is 44.6 Å². The first-order valence-electron chi connectivity index (χ1n) is 12.4. The van der Waals surface area contributed by atoms with Gasteiger partial charge in [-0.05, 0) is 68.4 Å². The second-order valence-corrected chi connectivity index (χ2v) is 11.9. The van der Waals surface area contributed by atoms with Crippen LogP contribution >= 0.6 is 22.6 Å². The molecule has 0 heterocycles. The fourth-order valence-corrected chi connectivity index (χ4v) is 8.48. The lowest BCUT2D eigenvalue weighted by Crippen LogP contribution is -2.52. The molecule has 7 atom stereocenters. The minimum atomic E-state index is -0.990. The van der Waals surface area contributed by atoms with E-state index in [0.717, 1.165) is 31.2 Å². The van der Waals surface area contributed by atoms with Crippen LogP contribution in [0.15, 0.2) is 42.0 Å². The van der Waals surface area contributed by atoms with Crippen molar-refractivity contribution >= 4 is 32.3 Å². The number of hydrogen-bond donors (Lipinski definition) is 2. The minimum Gasteiger partial charge on any atom is -0.497 e. The molecule has 1 amide bonds. The van der Waals surface area contributed by atoms with Crippen molar-refractivity contribution in [2.75, 3.05) is 14.2 Å². The summed E-state index contributed by atoms with van der Waals surface area (Å²) in [5.74, 6) is 1.31. The number of allylic oxidation sites excluding steroid dienone is 2. The third kappa shape index (κ3) is 3.59. The molecule has 1 aromatic rings. The van der Waals surface area contributed by atoms with Gasteiger partial charge < -0.3 is 19.9 Å². The van der Waals surface area contributed by atoms with Gasteiger partial charge >= 0.3 is 0 Å². The molecule has 0 radical (unpaired) electrons. The summed E-state index contributed by atoms with van der Waals surface area (Å²) < 4.78 is 10.8. The summed E-state index contributed by atoms with van der Waals surface area (Å²) in [6.45, 7) is 6.57. The monoisotopic (exact) mass is 591 g/mol. The van der Waals surface area contributed by atoms with Crippen molar-refractivity contribution in [1.29, 1.82) is 0 Å². The molecule has 4 aliphatic carbocycles. The zero-order valence-electron chi connectivity index (χ0n) is 20.6. The second-order valence-electron chi connectivity index (χ2n) is 11.0. The normalized spacial score (nSPS) is 37.2. The third-order valence-corrected chi connectivity index (χ3v) is 10.7. The third-order valence-electron chi connectivity index (χ3n) is 9.54. The van der Waals surface area contributed by atoms with Crippen LogP contribution in [0.2, 0.25) is 0 Å². The number of aliphatic hydroxyl groups excluding tert-OH is 1.